The van der Waals surface area contributed by atoms with E-state index in [9.17, 15) is 31.9 Å². The van der Waals surface area contributed by atoms with Gasteiger partial charge < -0.3 is 9.67 Å². The first-order valence-electron chi connectivity index (χ1n) is 8.39. The monoisotopic (exact) mass is 388 g/mol. The van der Waals surface area contributed by atoms with Gasteiger partial charge in [0.25, 0.3) is 0 Å². The van der Waals surface area contributed by atoms with Crippen LogP contribution in [0.1, 0.15) is 42.5 Å². The van der Waals surface area contributed by atoms with Gasteiger partial charge >= 0.3 is 12.1 Å². The quantitative estimate of drug-likeness (QED) is 0.786. The van der Waals surface area contributed by atoms with Crippen LogP contribution in [0.25, 0.3) is 0 Å². The Hall–Kier alpha value is -2.45. The summed E-state index contributed by atoms with van der Waals surface area (Å²) < 4.78 is 68.9. The number of fused-ring (bicyclic) bond motifs is 1. The van der Waals surface area contributed by atoms with Gasteiger partial charge in [-0.05, 0) is 24.0 Å². The molecule has 1 aromatic heterocycles. The number of nitrogens with zero attached hydrogens (tertiary/aromatic N) is 2. The minimum Gasteiger partial charge on any atom is -0.481 e. The first kappa shape index (κ1) is 19.3. The lowest BCUT2D eigenvalue weighted by Gasteiger charge is -2.26. The smallest absolute Gasteiger partial charge is 0.389 e. The number of imidazole rings is 1. The van der Waals surface area contributed by atoms with E-state index in [0.29, 0.717) is 0 Å². The van der Waals surface area contributed by atoms with Crippen LogP contribution in [0.15, 0.2) is 30.6 Å². The van der Waals surface area contributed by atoms with Crippen LogP contribution in [0.5, 0.6) is 0 Å². The minimum absolute atomic E-state index is 0.0159. The van der Waals surface area contributed by atoms with Gasteiger partial charge in [0, 0.05) is 37.2 Å². The third-order valence-corrected chi connectivity index (χ3v) is 4.96. The standard InChI is InChI=1S/C18H17F5N2O2/c19-14-3-1-2-12(16(14)20)11-6-10(8-18(21,22)23)13(7-15(26)27)17-24-4-5-25(17)9-11/h1-5,10-11,13H,6-9H2,(H,26,27)/t10?,11-,13+/m1/s1. The van der Waals surface area contributed by atoms with Crippen molar-refractivity contribution in [3.8, 4) is 0 Å². The zero-order valence-corrected chi connectivity index (χ0v) is 14.1. The van der Waals surface area contributed by atoms with Crippen molar-refractivity contribution in [2.75, 3.05) is 0 Å². The molecular weight excluding hydrogens is 371 g/mol. The van der Waals surface area contributed by atoms with E-state index in [2.05, 4.69) is 4.98 Å². The fourth-order valence-corrected chi connectivity index (χ4v) is 3.89. The van der Waals surface area contributed by atoms with Crippen LogP contribution in [-0.4, -0.2) is 26.8 Å². The van der Waals surface area contributed by atoms with Crippen molar-refractivity contribution < 1.29 is 31.9 Å². The maximum atomic E-state index is 14.3. The number of hydrogen-bond acceptors (Lipinski definition) is 2. The van der Waals surface area contributed by atoms with E-state index in [1.807, 2.05) is 0 Å². The maximum absolute atomic E-state index is 14.3. The van der Waals surface area contributed by atoms with E-state index in [0.717, 1.165) is 6.07 Å². The second-order valence-electron chi connectivity index (χ2n) is 6.80. The Morgan fingerprint density at radius 3 is 2.70 bits per heavy atom. The topological polar surface area (TPSA) is 55.1 Å². The Labute approximate surface area is 151 Å². The predicted octanol–water partition coefficient (Wildman–Crippen LogP) is 4.48. The molecule has 146 valence electrons. The van der Waals surface area contributed by atoms with Crippen LogP contribution in [-0.2, 0) is 11.3 Å². The van der Waals surface area contributed by atoms with Crippen LogP contribution in [0.4, 0.5) is 22.0 Å². The fourth-order valence-electron chi connectivity index (χ4n) is 3.89. The van der Waals surface area contributed by atoms with Gasteiger partial charge in [0.1, 0.15) is 5.82 Å². The predicted molar refractivity (Wildman–Crippen MR) is 85.1 cm³/mol. The zero-order valence-electron chi connectivity index (χ0n) is 14.1. The van der Waals surface area contributed by atoms with Crippen LogP contribution in [0, 0.1) is 17.6 Å². The second-order valence-corrected chi connectivity index (χ2v) is 6.80. The number of carboxylic acid groups (broad SMARTS) is 1. The summed E-state index contributed by atoms with van der Waals surface area (Å²) in [6, 6.07) is 3.60. The number of alkyl halides is 3. The molecule has 0 aliphatic carbocycles. The summed E-state index contributed by atoms with van der Waals surface area (Å²) in [7, 11) is 0. The number of hydrogen-bond donors (Lipinski definition) is 1. The van der Waals surface area contributed by atoms with Gasteiger partial charge in [-0.15, -0.1) is 0 Å². The number of carboxylic acids is 1. The average Bonchev–Trinajstić information content (AvgIpc) is 2.95. The molecule has 0 spiro atoms. The van der Waals surface area contributed by atoms with E-state index in [4.69, 9.17) is 0 Å². The number of aromatic nitrogens is 2. The molecule has 0 saturated carbocycles. The molecule has 27 heavy (non-hydrogen) atoms. The molecule has 0 saturated heterocycles. The molecule has 3 rings (SSSR count). The van der Waals surface area contributed by atoms with Crippen molar-refractivity contribution in [1.82, 2.24) is 9.55 Å². The molecule has 1 aromatic carbocycles. The highest BCUT2D eigenvalue weighted by molar-refractivity contribution is 5.67. The molecule has 9 heteroatoms. The molecule has 0 fully saturated rings. The minimum atomic E-state index is -4.52. The summed E-state index contributed by atoms with van der Waals surface area (Å²) in [5.41, 5.74) is -0.0159. The van der Waals surface area contributed by atoms with Crippen molar-refractivity contribution in [3.05, 3.63) is 53.6 Å². The molecule has 4 nitrogen and oxygen atoms in total. The van der Waals surface area contributed by atoms with Gasteiger partial charge in [0.2, 0.25) is 0 Å². The molecular formula is C18H17F5N2O2. The summed E-state index contributed by atoms with van der Waals surface area (Å²) in [4.78, 5) is 15.3. The molecule has 2 heterocycles. The Kier molecular flexibility index (Phi) is 5.21. The first-order chi connectivity index (χ1) is 12.7. The molecule has 1 aliphatic heterocycles. The Balaban J connectivity index is 2.05. The molecule has 0 bridgehead atoms. The highest BCUT2D eigenvalue weighted by Gasteiger charge is 2.42. The van der Waals surface area contributed by atoms with E-state index < -0.39 is 54.4 Å². The van der Waals surface area contributed by atoms with Crippen molar-refractivity contribution in [3.63, 3.8) is 0 Å². The molecule has 0 amide bonds. The van der Waals surface area contributed by atoms with Gasteiger partial charge in [-0.3, -0.25) is 4.79 Å². The fraction of sp³-hybridized carbons (Fsp3) is 0.444. The van der Waals surface area contributed by atoms with Crippen molar-refractivity contribution in [1.29, 1.82) is 0 Å². The van der Waals surface area contributed by atoms with Crippen molar-refractivity contribution >= 4 is 5.97 Å². The number of aliphatic carboxylic acids is 1. The summed E-state index contributed by atoms with van der Waals surface area (Å²) in [6.45, 7) is 0.0974. The SMILES string of the molecule is O=C(O)C[C@@H]1c2nccn2C[C@H](c2cccc(F)c2F)CC1CC(F)(F)F. The van der Waals surface area contributed by atoms with E-state index in [-0.39, 0.29) is 24.4 Å². The van der Waals surface area contributed by atoms with Gasteiger partial charge in [-0.25, -0.2) is 13.8 Å². The van der Waals surface area contributed by atoms with E-state index >= 15 is 0 Å². The second kappa shape index (κ2) is 7.28. The summed E-state index contributed by atoms with van der Waals surface area (Å²) in [6.07, 6.45) is -3.49. The van der Waals surface area contributed by atoms with E-state index in [1.54, 1.807) is 4.57 Å². The first-order valence-corrected chi connectivity index (χ1v) is 8.39. The zero-order chi connectivity index (χ0) is 19.8. The summed E-state index contributed by atoms with van der Waals surface area (Å²) in [5, 5.41) is 9.17. The third-order valence-electron chi connectivity index (χ3n) is 4.96. The molecule has 1 N–H and O–H groups in total. The summed E-state index contributed by atoms with van der Waals surface area (Å²) in [5.74, 6) is -6.00. The largest absolute Gasteiger partial charge is 0.481 e. The van der Waals surface area contributed by atoms with Gasteiger partial charge in [0.05, 0.1) is 6.42 Å². The van der Waals surface area contributed by atoms with Gasteiger partial charge in [-0.1, -0.05) is 12.1 Å². The van der Waals surface area contributed by atoms with Crippen molar-refractivity contribution in [2.45, 2.75) is 43.8 Å². The molecule has 1 aliphatic rings. The summed E-state index contributed by atoms with van der Waals surface area (Å²) >= 11 is 0. The molecule has 2 aromatic rings. The highest BCUT2D eigenvalue weighted by Crippen LogP contribution is 2.44. The lowest BCUT2D eigenvalue weighted by molar-refractivity contribution is -0.150. The Bertz CT molecular complexity index is 833. The number of carbonyl (C=O) groups is 1. The maximum Gasteiger partial charge on any atom is 0.389 e. The van der Waals surface area contributed by atoms with Crippen LogP contribution in [0.2, 0.25) is 0 Å². The average molecular weight is 388 g/mol. The van der Waals surface area contributed by atoms with Gasteiger partial charge in [0.15, 0.2) is 11.6 Å². The number of halogens is 5. The molecule has 0 radical (unpaired) electrons. The highest BCUT2D eigenvalue weighted by atomic mass is 19.4. The van der Waals surface area contributed by atoms with E-state index in [1.165, 1.54) is 24.5 Å². The normalized spacial score (nSPS) is 22.9. The van der Waals surface area contributed by atoms with Crippen LogP contribution >= 0.6 is 0 Å². The Morgan fingerprint density at radius 2 is 2.04 bits per heavy atom. The lowest BCUT2D eigenvalue weighted by atomic mass is 9.79. The third kappa shape index (κ3) is 4.28. The van der Waals surface area contributed by atoms with Crippen molar-refractivity contribution in [2.24, 2.45) is 5.92 Å². The molecule has 1 unspecified atom stereocenters. The van der Waals surface area contributed by atoms with Crippen LogP contribution < -0.4 is 0 Å². The van der Waals surface area contributed by atoms with Crippen LogP contribution in [0.3, 0.4) is 0 Å². The number of rotatable bonds is 4. The van der Waals surface area contributed by atoms with Gasteiger partial charge in [-0.2, -0.15) is 13.2 Å². The number of benzene rings is 1. The lowest BCUT2D eigenvalue weighted by Crippen LogP contribution is -2.24. The molecule has 3 atom stereocenters. The Morgan fingerprint density at radius 1 is 1.30 bits per heavy atom.